The van der Waals surface area contributed by atoms with Gasteiger partial charge in [-0.3, -0.25) is 4.57 Å². The molecule has 0 spiro atoms. The van der Waals surface area contributed by atoms with E-state index in [0.29, 0.717) is 30.9 Å². The monoisotopic (exact) mass is 564 g/mol. The molecule has 3 nitrogen and oxygen atoms in total. The molecule has 0 fully saturated rings. The van der Waals surface area contributed by atoms with Crippen LogP contribution in [0.15, 0.2) is 95.9 Å². The molecule has 9 heteroatoms. The van der Waals surface area contributed by atoms with Crippen molar-refractivity contribution in [2.75, 3.05) is 5.09 Å². The molecule has 4 rings (SSSR count). The van der Waals surface area contributed by atoms with Gasteiger partial charge in [0.25, 0.3) is 0 Å². The normalized spacial score (nSPS) is 14.0. The first kappa shape index (κ1) is 25.1. The van der Waals surface area contributed by atoms with Crippen molar-refractivity contribution in [2.45, 2.75) is 0 Å². The number of nitrogens with zero attached hydrogens (tertiary/aromatic N) is 1. The molecule has 1 heterocycles. The molecule has 4 aromatic rings. The fourth-order valence-corrected chi connectivity index (χ4v) is 7.19. The van der Waals surface area contributed by atoms with Crippen molar-refractivity contribution in [1.82, 2.24) is 4.98 Å². The predicted octanol–water partition coefficient (Wildman–Crippen LogP) is 10.3. The molecule has 0 saturated carbocycles. The van der Waals surface area contributed by atoms with E-state index in [2.05, 4.69) is 10.1 Å². The Labute approximate surface area is 222 Å². The summed E-state index contributed by atoms with van der Waals surface area (Å²) in [7, 11) is -3.42. The minimum absolute atomic E-state index is 0.339. The van der Waals surface area contributed by atoms with Gasteiger partial charge in [0.05, 0.1) is 25.8 Å². The van der Waals surface area contributed by atoms with Gasteiger partial charge >= 0.3 is 0 Å². The van der Waals surface area contributed by atoms with Crippen LogP contribution in [0, 0.1) is 0 Å². The minimum atomic E-state index is -3.42. The molecule has 34 heavy (non-hydrogen) atoms. The first-order chi connectivity index (χ1) is 16.3. The summed E-state index contributed by atoms with van der Waals surface area (Å²) in [5, 5.41) is 6.92. The molecule has 172 valence electrons. The Morgan fingerprint density at radius 1 is 0.824 bits per heavy atom. The number of rotatable bonds is 7. The van der Waals surface area contributed by atoms with Crippen molar-refractivity contribution in [2.24, 2.45) is 0 Å². The number of hydrogen-bond acceptors (Lipinski definition) is 3. The highest BCUT2D eigenvalue weighted by molar-refractivity contribution is 7.72. The average Bonchev–Trinajstić information content (AvgIpc) is 3.29. The van der Waals surface area contributed by atoms with Crippen LogP contribution >= 0.6 is 65.0 Å². The van der Waals surface area contributed by atoms with E-state index in [-0.39, 0.29) is 0 Å². The number of nitrogens with one attached hydrogen (secondary N) is 1. The van der Waals surface area contributed by atoms with E-state index < -0.39 is 7.29 Å². The highest BCUT2D eigenvalue weighted by Gasteiger charge is 2.21. The molecule has 1 aromatic heterocycles. The molecule has 0 bridgehead atoms. The van der Waals surface area contributed by atoms with Gasteiger partial charge < -0.3 is 5.09 Å². The van der Waals surface area contributed by atoms with E-state index in [9.17, 15) is 4.57 Å². The summed E-state index contributed by atoms with van der Waals surface area (Å²) in [6, 6.07) is 23.9. The summed E-state index contributed by atoms with van der Waals surface area (Å²) in [5.74, 6) is 2.99. The van der Waals surface area contributed by atoms with Gasteiger partial charge in [0.15, 0.2) is 5.13 Å². The summed E-state index contributed by atoms with van der Waals surface area (Å²) in [5.41, 5.74) is 2.95. The predicted molar refractivity (Wildman–Crippen MR) is 149 cm³/mol. The molecule has 1 N–H and O–H groups in total. The van der Waals surface area contributed by atoms with Gasteiger partial charge in [-0.2, -0.15) is 0 Å². The summed E-state index contributed by atoms with van der Waals surface area (Å²) in [6.45, 7) is 0. The summed E-state index contributed by atoms with van der Waals surface area (Å²) < 4.78 is 14.1. The number of benzene rings is 3. The van der Waals surface area contributed by atoms with E-state index in [1.807, 2.05) is 72.1 Å². The van der Waals surface area contributed by atoms with Crippen LogP contribution in [0.4, 0.5) is 5.13 Å². The number of halogens is 4. The zero-order valence-electron chi connectivity index (χ0n) is 17.5. The Bertz CT molecular complexity index is 1350. The van der Waals surface area contributed by atoms with E-state index in [1.54, 1.807) is 12.1 Å². The third-order valence-corrected chi connectivity index (χ3v) is 9.15. The van der Waals surface area contributed by atoms with Crippen LogP contribution in [0.3, 0.4) is 0 Å². The van der Waals surface area contributed by atoms with Crippen LogP contribution in [0.5, 0.6) is 0 Å². The van der Waals surface area contributed by atoms with Crippen molar-refractivity contribution in [3.8, 4) is 11.3 Å². The molecule has 0 atom stereocenters. The van der Waals surface area contributed by atoms with E-state index in [0.717, 1.165) is 16.7 Å². The van der Waals surface area contributed by atoms with Crippen LogP contribution < -0.4 is 5.09 Å². The summed E-state index contributed by atoms with van der Waals surface area (Å²) >= 11 is 26.6. The van der Waals surface area contributed by atoms with E-state index in [4.69, 9.17) is 46.4 Å². The molecular formula is C25H17Cl4N2OPS. The lowest BCUT2D eigenvalue weighted by atomic mass is 10.2. The van der Waals surface area contributed by atoms with Gasteiger partial charge in [-0.25, -0.2) is 4.98 Å². The lowest BCUT2D eigenvalue weighted by Crippen LogP contribution is -1.94. The van der Waals surface area contributed by atoms with Crippen LogP contribution in [-0.2, 0) is 4.57 Å². The fourth-order valence-electron chi connectivity index (χ4n) is 3.05. The molecule has 0 aliphatic rings. The van der Waals surface area contributed by atoms with Gasteiger partial charge in [0.1, 0.15) is 0 Å². The molecule has 0 aliphatic carbocycles. The van der Waals surface area contributed by atoms with Crippen molar-refractivity contribution in [3.63, 3.8) is 0 Å². The maximum absolute atomic E-state index is 14.1. The molecule has 0 saturated heterocycles. The number of aromatic nitrogens is 1. The largest absolute Gasteiger partial charge is 0.306 e. The second-order valence-electron chi connectivity index (χ2n) is 7.17. The Kier molecular flexibility index (Phi) is 8.21. The highest BCUT2D eigenvalue weighted by atomic mass is 35.5. The molecule has 0 unspecified atom stereocenters. The van der Waals surface area contributed by atoms with Crippen LogP contribution in [0.25, 0.3) is 21.3 Å². The smallest absolute Gasteiger partial charge is 0.217 e. The molecule has 0 aliphatic heterocycles. The number of anilines is 1. The molecular weight excluding hydrogens is 549 g/mol. The Balaban J connectivity index is 1.71. The van der Waals surface area contributed by atoms with Gasteiger partial charge in [0.2, 0.25) is 7.29 Å². The third-order valence-electron chi connectivity index (χ3n) is 4.70. The lowest BCUT2D eigenvalue weighted by Gasteiger charge is -2.13. The minimum Gasteiger partial charge on any atom is -0.306 e. The molecule has 0 amide bonds. The van der Waals surface area contributed by atoms with Crippen LogP contribution in [0.2, 0.25) is 10.0 Å². The Hall–Kier alpha value is -2.04. The fraction of sp³-hybridized carbons (Fsp3) is 0. The topological polar surface area (TPSA) is 42.0 Å². The molecule has 3 aromatic carbocycles. The zero-order valence-corrected chi connectivity index (χ0v) is 22.2. The summed E-state index contributed by atoms with van der Waals surface area (Å²) in [6.07, 6.45) is 0. The average molecular weight is 566 g/mol. The van der Waals surface area contributed by atoms with Gasteiger partial charge in [-0.1, -0.05) is 113 Å². The SMILES string of the molecule is O=P(C=C(Cl)c1ccccc1)(C=C(Cl)c1ccccc1)Nc1nc(-c2ccc(Cl)c(Cl)c2)cs1. The Morgan fingerprint density at radius 2 is 1.38 bits per heavy atom. The lowest BCUT2D eigenvalue weighted by molar-refractivity contribution is 0.589. The van der Waals surface area contributed by atoms with Crippen molar-refractivity contribution in [1.29, 1.82) is 0 Å². The van der Waals surface area contributed by atoms with Crippen molar-refractivity contribution < 1.29 is 4.57 Å². The maximum Gasteiger partial charge on any atom is 0.217 e. The maximum atomic E-state index is 14.1. The van der Waals surface area contributed by atoms with Gasteiger partial charge in [0, 0.05) is 22.6 Å². The Morgan fingerprint density at radius 3 is 1.91 bits per heavy atom. The van der Waals surface area contributed by atoms with Gasteiger partial charge in [-0.05, 0) is 23.3 Å². The van der Waals surface area contributed by atoms with Gasteiger partial charge in [-0.15, -0.1) is 11.3 Å². The number of hydrogen-bond donors (Lipinski definition) is 1. The third kappa shape index (κ3) is 6.34. The van der Waals surface area contributed by atoms with Crippen molar-refractivity contribution in [3.05, 3.63) is 117 Å². The first-order valence-corrected chi connectivity index (χ1v) is 14.2. The van der Waals surface area contributed by atoms with E-state index in [1.165, 1.54) is 23.0 Å². The van der Waals surface area contributed by atoms with Crippen LogP contribution in [-0.4, -0.2) is 4.98 Å². The van der Waals surface area contributed by atoms with Crippen molar-refractivity contribution >= 4 is 80.2 Å². The second kappa shape index (κ2) is 11.1. The van der Waals surface area contributed by atoms with E-state index >= 15 is 0 Å². The zero-order chi connectivity index (χ0) is 24.1. The quantitative estimate of drug-likeness (QED) is 0.227. The highest BCUT2D eigenvalue weighted by Crippen LogP contribution is 2.54. The first-order valence-electron chi connectivity index (χ1n) is 9.99. The molecule has 0 radical (unpaired) electrons. The standard InChI is InChI=1S/C25H17Cl4N2OPS/c26-20-12-11-19(13-21(20)27)24-16-34-25(30-24)31-33(32,14-22(28)17-7-3-1-4-8-17)15-23(29)18-9-5-2-6-10-18/h1-16H,(H,30,31,32). The van der Waals surface area contributed by atoms with Crippen LogP contribution in [0.1, 0.15) is 11.1 Å². The second-order valence-corrected chi connectivity index (χ2v) is 11.8. The number of thiazole rings is 1. The summed E-state index contributed by atoms with van der Waals surface area (Å²) in [4.78, 5) is 4.59.